The number of unbranched alkanes of at least 4 members (excludes halogenated alkanes) is 1. The third-order valence-electron chi connectivity index (χ3n) is 2.22. The van der Waals surface area contributed by atoms with Gasteiger partial charge in [-0.05, 0) is 12.8 Å². The highest BCUT2D eigenvalue weighted by molar-refractivity contribution is 5.80. The van der Waals surface area contributed by atoms with Crippen molar-refractivity contribution in [1.82, 2.24) is 0 Å². The van der Waals surface area contributed by atoms with Crippen molar-refractivity contribution in [2.75, 3.05) is 0 Å². The van der Waals surface area contributed by atoms with Crippen molar-refractivity contribution in [2.45, 2.75) is 44.6 Å². The Morgan fingerprint density at radius 1 is 1.36 bits per heavy atom. The molecule has 0 aromatic rings. The molecule has 0 saturated heterocycles. The number of carboxylic acid groups (broad SMARTS) is 1. The Morgan fingerprint density at radius 3 is 2.29 bits per heavy atom. The van der Waals surface area contributed by atoms with Crippen molar-refractivity contribution in [3.8, 4) is 0 Å². The van der Waals surface area contributed by atoms with Crippen LogP contribution in [0.2, 0.25) is 0 Å². The van der Waals surface area contributed by atoms with Gasteiger partial charge in [-0.3, -0.25) is 9.59 Å². The molecule has 0 heterocycles. The van der Waals surface area contributed by atoms with Gasteiger partial charge in [-0.25, -0.2) is 0 Å². The second-order valence-corrected chi connectivity index (χ2v) is 3.53. The molecule has 82 valence electrons. The lowest BCUT2D eigenvalue weighted by atomic mass is 9.89. The van der Waals surface area contributed by atoms with E-state index in [9.17, 15) is 9.59 Å². The summed E-state index contributed by atoms with van der Waals surface area (Å²) in [5.74, 6) is -1.58. The first-order valence-electron chi connectivity index (χ1n) is 4.73. The van der Waals surface area contributed by atoms with Gasteiger partial charge in [-0.1, -0.05) is 19.8 Å². The number of primary amides is 1. The van der Waals surface area contributed by atoms with E-state index in [2.05, 4.69) is 0 Å². The molecule has 0 aliphatic carbocycles. The fourth-order valence-electron chi connectivity index (χ4n) is 1.18. The summed E-state index contributed by atoms with van der Waals surface area (Å²) in [5, 5.41) is 8.89. The second kappa shape index (κ2) is 5.59. The predicted octanol–water partition coefficient (Wildman–Crippen LogP) is 0.224. The molecule has 0 spiro atoms. The number of carboxylic acids is 1. The minimum absolute atomic E-state index is 0.0204. The van der Waals surface area contributed by atoms with Crippen molar-refractivity contribution < 1.29 is 14.7 Å². The number of aliphatic carboxylic acids is 1. The number of hydrogen-bond acceptors (Lipinski definition) is 3. The Hall–Kier alpha value is -1.10. The first-order chi connectivity index (χ1) is 6.42. The Balaban J connectivity index is 4.24. The third-order valence-corrected chi connectivity index (χ3v) is 2.22. The van der Waals surface area contributed by atoms with Crippen LogP contribution in [0.25, 0.3) is 0 Å². The first-order valence-corrected chi connectivity index (χ1v) is 4.73. The van der Waals surface area contributed by atoms with Crippen LogP contribution in [0.5, 0.6) is 0 Å². The first kappa shape index (κ1) is 12.9. The van der Waals surface area contributed by atoms with Crippen LogP contribution in [-0.4, -0.2) is 22.5 Å². The standard InChI is InChI=1S/C9H18N2O3/c1-2-3-5-9(11,8(13)14)6-4-7(10)12/h2-6,11H2,1H3,(H2,10,12)(H,13,14). The van der Waals surface area contributed by atoms with E-state index in [1.165, 1.54) is 0 Å². The summed E-state index contributed by atoms with van der Waals surface area (Å²) in [6.07, 6.45) is 2.13. The number of carbonyl (C=O) groups excluding carboxylic acids is 1. The van der Waals surface area contributed by atoms with E-state index in [1.807, 2.05) is 6.92 Å². The van der Waals surface area contributed by atoms with Gasteiger partial charge in [0.1, 0.15) is 5.54 Å². The second-order valence-electron chi connectivity index (χ2n) is 3.53. The predicted molar refractivity (Wildman–Crippen MR) is 52.5 cm³/mol. The monoisotopic (exact) mass is 202 g/mol. The number of amides is 1. The third kappa shape index (κ3) is 4.23. The summed E-state index contributed by atoms with van der Waals surface area (Å²) in [5.41, 5.74) is 9.31. The minimum atomic E-state index is -1.30. The number of hydrogen-bond donors (Lipinski definition) is 3. The van der Waals surface area contributed by atoms with Crippen LogP contribution in [0.3, 0.4) is 0 Å². The molecule has 1 atom stereocenters. The summed E-state index contributed by atoms with van der Waals surface area (Å²) in [4.78, 5) is 21.4. The van der Waals surface area contributed by atoms with Crippen LogP contribution in [-0.2, 0) is 9.59 Å². The highest BCUT2D eigenvalue weighted by Gasteiger charge is 2.33. The van der Waals surface area contributed by atoms with E-state index >= 15 is 0 Å². The highest BCUT2D eigenvalue weighted by atomic mass is 16.4. The SMILES string of the molecule is CCCCC(N)(CCC(N)=O)C(=O)O. The average Bonchev–Trinajstić information content (AvgIpc) is 2.11. The van der Waals surface area contributed by atoms with Crippen LogP contribution in [0.1, 0.15) is 39.0 Å². The summed E-state index contributed by atoms with van der Waals surface area (Å²) < 4.78 is 0. The zero-order chi connectivity index (χ0) is 11.2. The maximum absolute atomic E-state index is 10.9. The van der Waals surface area contributed by atoms with Gasteiger partial charge < -0.3 is 16.6 Å². The number of nitrogens with two attached hydrogens (primary N) is 2. The molecule has 0 aromatic heterocycles. The van der Waals surface area contributed by atoms with E-state index in [0.29, 0.717) is 6.42 Å². The van der Waals surface area contributed by atoms with E-state index in [-0.39, 0.29) is 12.8 Å². The molecule has 1 unspecified atom stereocenters. The lowest BCUT2D eigenvalue weighted by molar-refractivity contribution is -0.144. The van der Waals surface area contributed by atoms with E-state index in [0.717, 1.165) is 12.8 Å². The molecule has 5 heteroatoms. The molecule has 0 aliphatic heterocycles. The number of carbonyl (C=O) groups is 2. The van der Waals surface area contributed by atoms with Crippen molar-refractivity contribution in [1.29, 1.82) is 0 Å². The molecule has 14 heavy (non-hydrogen) atoms. The lowest BCUT2D eigenvalue weighted by Gasteiger charge is -2.23. The molecule has 5 N–H and O–H groups in total. The fourth-order valence-corrected chi connectivity index (χ4v) is 1.18. The molecule has 0 rings (SSSR count). The molecule has 0 aliphatic rings. The lowest BCUT2D eigenvalue weighted by Crippen LogP contribution is -2.48. The summed E-state index contributed by atoms with van der Waals surface area (Å²) in [7, 11) is 0. The summed E-state index contributed by atoms with van der Waals surface area (Å²) in [6, 6.07) is 0. The molecule has 0 saturated carbocycles. The van der Waals surface area contributed by atoms with Crippen LogP contribution >= 0.6 is 0 Å². The van der Waals surface area contributed by atoms with Crippen molar-refractivity contribution in [3.05, 3.63) is 0 Å². The molecule has 0 bridgehead atoms. The molecule has 0 fully saturated rings. The van der Waals surface area contributed by atoms with Gasteiger partial charge in [0.25, 0.3) is 0 Å². The largest absolute Gasteiger partial charge is 0.480 e. The van der Waals surface area contributed by atoms with Crippen molar-refractivity contribution >= 4 is 11.9 Å². The summed E-state index contributed by atoms with van der Waals surface area (Å²) >= 11 is 0. The van der Waals surface area contributed by atoms with Crippen LogP contribution in [0.4, 0.5) is 0 Å². The Kier molecular flexibility index (Phi) is 5.15. The minimum Gasteiger partial charge on any atom is -0.480 e. The van der Waals surface area contributed by atoms with Crippen LogP contribution in [0.15, 0.2) is 0 Å². The quantitative estimate of drug-likeness (QED) is 0.549. The van der Waals surface area contributed by atoms with E-state index in [1.54, 1.807) is 0 Å². The van der Waals surface area contributed by atoms with E-state index < -0.39 is 17.4 Å². The Labute approximate surface area is 83.5 Å². The van der Waals surface area contributed by atoms with Crippen LogP contribution < -0.4 is 11.5 Å². The molecule has 0 radical (unpaired) electrons. The van der Waals surface area contributed by atoms with Gasteiger partial charge in [0.2, 0.25) is 5.91 Å². The van der Waals surface area contributed by atoms with Gasteiger partial charge in [-0.15, -0.1) is 0 Å². The van der Waals surface area contributed by atoms with Crippen LogP contribution in [0, 0.1) is 0 Å². The van der Waals surface area contributed by atoms with Gasteiger partial charge >= 0.3 is 5.97 Å². The van der Waals surface area contributed by atoms with E-state index in [4.69, 9.17) is 16.6 Å². The van der Waals surface area contributed by atoms with Gasteiger partial charge in [0, 0.05) is 6.42 Å². The smallest absolute Gasteiger partial charge is 0.323 e. The zero-order valence-electron chi connectivity index (χ0n) is 8.45. The maximum atomic E-state index is 10.9. The average molecular weight is 202 g/mol. The molecule has 1 amide bonds. The molecule has 5 nitrogen and oxygen atoms in total. The maximum Gasteiger partial charge on any atom is 0.323 e. The van der Waals surface area contributed by atoms with Gasteiger partial charge in [0.15, 0.2) is 0 Å². The molecular formula is C9H18N2O3. The highest BCUT2D eigenvalue weighted by Crippen LogP contribution is 2.17. The van der Waals surface area contributed by atoms with Gasteiger partial charge in [-0.2, -0.15) is 0 Å². The Morgan fingerprint density at radius 2 is 1.93 bits per heavy atom. The van der Waals surface area contributed by atoms with Gasteiger partial charge in [0.05, 0.1) is 0 Å². The summed E-state index contributed by atoms with van der Waals surface area (Å²) in [6.45, 7) is 1.95. The van der Waals surface area contributed by atoms with Crippen molar-refractivity contribution in [3.63, 3.8) is 0 Å². The molecule has 0 aromatic carbocycles. The number of rotatable bonds is 7. The Bertz CT molecular complexity index is 218. The zero-order valence-corrected chi connectivity index (χ0v) is 8.45. The van der Waals surface area contributed by atoms with Crippen molar-refractivity contribution in [2.24, 2.45) is 11.5 Å². The molecular weight excluding hydrogens is 184 g/mol. The fraction of sp³-hybridized carbons (Fsp3) is 0.778. The normalized spacial score (nSPS) is 14.7. The topological polar surface area (TPSA) is 106 Å².